The van der Waals surface area contributed by atoms with E-state index in [0.717, 1.165) is 29.8 Å². The van der Waals surface area contributed by atoms with Gasteiger partial charge in [0, 0.05) is 26.2 Å². The summed E-state index contributed by atoms with van der Waals surface area (Å²) >= 11 is 0. The molecule has 0 saturated carbocycles. The summed E-state index contributed by atoms with van der Waals surface area (Å²) in [4.78, 5) is 31.5. The summed E-state index contributed by atoms with van der Waals surface area (Å²) in [6.45, 7) is 10.7. The Morgan fingerprint density at radius 3 is 2.56 bits per heavy atom. The third kappa shape index (κ3) is 3.99. The molecule has 1 saturated heterocycles. The van der Waals surface area contributed by atoms with Crippen LogP contribution in [0.1, 0.15) is 45.8 Å². The second kappa shape index (κ2) is 9.24. The third-order valence-corrected chi connectivity index (χ3v) is 6.83. The molecular formula is C27H30N2O5. The van der Waals surface area contributed by atoms with E-state index in [9.17, 15) is 9.59 Å². The largest absolute Gasteiger partial charge is 0.494 e. The van der Waals surface area contributed by atoms with Gasteiger partial charge in [0.1, 0.15) is 11.3 Å². The van der Waals surface area contributed by atoms with Crippen LogP contribution < -0.4 is 10.2 Å². The Morgan fingerprint density at radius 1 is 1.03 bits per heavy atom. The monoisotopic (exact) mass is 462 g/mol. The van der Waals surface area contributed by atoms with E-state index in [0.29, 0.717) is 55.2 Å². The van der Waals surface area contributed by atoms with Gasteiger partial charge in [-0.25, -0.2) is 0 Å². The first kappa shape index (κ1) is 22.6. The average Bonchev–Trinajstić information content (AvgIpc) is 3.12. The van der Waals surface area contributed by atoms with E-state index in [1.807, 2.05) is 57.2 Å². The van der Waals surface area contributed by atoms with Gasteiger partial charge in [-0.2, -0.15) is 0 Å². The number of benzene rings is 2. The Hall–Kier alpha value is -3.16. The molecule has 2 aromatic carbocycles. The van der Waals surface area contributed by atoms with E-state index in [4.69, 9.17) is 13.9 Å². The Labute approximate surface area is 198 Å². The minimum atomic E-state index is -0.522. The fraction of sp³-hybridized carbons (Fsp3) is 0.407. The second-order valence-corrected chi connectivity index (χ2v) is 8.97. The molecule has 1 fully saturated rings. The summed E-state index contributed by atoms with van der Waals surface area (Å²) in [5.41, 5.74) is 3.60. The summed E-state index contributed by atoms with van der Waals surface area (Å²) in [6.07, 6.45) is 0. The predicted molar refractivity (Wildman–Crippen MR) is 130 cm³/mol. The van der Waals surface area contributed by atoms with Crippen molar-refractivity contribution in [2.45, 2.75) is 26.8 Å². The molecule has 0 aliphatic carbocycles. The van der Waals surface area contributed by atoms with Gasteiger partial charge in [-0.3, -0.25) is 14.5 Å². The molecule has 1 unspecified atom stereocenters. The topological polar surface area (TPSA) is 72.2 Å². The molecule has 1 amide bonds. The van der Waals surface area contributed by atoms with Crippen LogP contribution in [0, 0.1) is 13.8 Å². The number of rotatable bonds is 6. The number of aryl methyl sites for hydroxylation is 2. The number of nitrogens with zero attached hydrogens (tertiary/aromatic N) is 2. The molecule has 2 aliphatic heterocycles. The summed E-state index contributed by atoms with van der Waals surface area (Å²) in [5.74, 6) is 0.618. The van der Waals surface area contributed by atoms with Gasteiger partial charge in [0.25, 0.3) is 5.91 Å². The molecule has 34 heavy (non-hydrogen) atoms. The minimum absolute atomic E-state index is 0.145. The van der Waals surface area contributed by atoms with Crippen LogP contribution in [-0.2, 0) is 4.74 Å². The van der Waals surface area contributed by atoms with Crippen LogP contribution in [0.4, 0.5) is 0 Å². The molecule has 0 N–H and O–H groups in total. The number of fused-ring (bicyclic) bond motifs is 2. The van der Waals surface area contributed by atoms with Crippen molar-refractivity contribution in [2.75, 3.05) is 46.0 Å². The Kier molecular flexibility index (Phi) is 6.15. The van der Waals surface area contributed by atoms with Gasteiger partial charge in [-0.05, 0) is 61.7 Å². The van der Waals surface area contributed by atoms with Gasteiger partial charge < -0.3 is 18.8 Å². The zero-order valence-corrected chi connectivity index (χ0v) is 19.9. The van der Waals surface area contributed by atoms with E-state index >= 15 is 0 Å². The highest BCUT2D eigenvalue weighted by Gasteiger charge is 2.42. The van der Waals surface area contributed by atoms with Crippen molar-refractivity contribution in [3.63, 3.8) is 0 Å². The van der Waals surface area contributed by atoms with Crippen LogP contribution in [0.2, 0.25) is 0 Å². The Balaban J connectivity index is 1.62. The van der Waals surface area contributed by atoms with Crippen molar-refractivity contribution in [3.8, 4) is 5.75 Å². The van der Waals surface area contributed by atoms with Crippen molar-refractivity contribution in [2.24, 2.45) is 0 Å². The first-order valence-corrected chi connectivity index (χ1v) is 11.9. The van der Waals surface area contributed by atoms with Crippen LogP contribution >= 0.6 is 0 Å². The number of amides is 1. The molecular weight excluding hydrogens is 432 g/mol. The SMILES string of the molecule is CCOc1cccc(C2c3c(oc4cc(C)c(C)cc4c3=O)C(=O)N2CCN2CCOCC2)c1. The number of carbonyl (C=O) groups is 1. The van der Waals surface area contributed by atoms with E-state index in [2.05, 4.69) is 4.90 Å². The van der Waals surface area contributed by atoms with Crippen molar-refractivity contribution in [1.29, 1.82) is 0 Å². The highest BCUT2D eigenvalue weighted by Crippen LogP contribution is 2.39. The molecule has 0 bridgehead atoms. The number of morpholine rings is 1. The maximum atomic E-state index is 13.8. The molecule has 5 rings (SSSR count). The van der Waals surface area contributed by atoms with Crippen LogP contribution in [0.5, 0.6) is 5.75 Å². The highest BCUT2D eigenvalue weighted by molar-refractivity contribution is 5.99. The van der Waals surface area contributed by atoms with Crippen molar-refractivity contribution >= 4 is 16.9 Å². The quantitative estimate of drug-likeness (QED) is 0.557. The summed E-state index contributed by atoms with van der Waals surface area (Å²) in [7, 11) is 0. The van der Waals surface area contributed by atoms with Gasteiger partial charge in [-0.15, -0.1) is 0 Å². The lowest BCUT2D eigenvalue weighted by molar-refractivity contribution is 0.0314. The normalized spacial score (nSPS) is 18.5. The van der Waals surface area contributed by atoms with Gasteiger partial charge >= 0.3 is 0 Å². The number of hydrogen-bond acceptors (Lipinski definition) is 6. The van der Waals surface area contributed by atoms with Crippen LogP contribution in [0.25, 0.3) is 11.0 Å². The summed E-state index contributed by atoms with van der Waals surface area (Å²) in [5, 5.41) is 0.510. The summed E-state index contributed by atoms with van der Waals surface area (Å²) < 4.78 is 17.3. The zero-order valence-electron chi connectivity index (χ0n) is 19.9. The second-order valence-electron chi connectivity index (χ2n) is 8.97. The van der Waals surface area contributed by atoms with Crippen molar-refractivity contribution < 1.29 is 18.7 Å². The average molecular weight is 463 g/mol. The Bertz CT molecular complexity index is 1290. The molecule has 1 aromatic heterocycles. The predicted octanol–water partition coefficient (Wildman–Crippen LogP) is 3.69. The van der Waals surface area contributed by atoms with Crippen LogP contribution in [0.3, 0.4) is 0 Å². The number of carbonyl (C=O) groups excluding carboxylic acids is 1. The van der Waals surface area contributed by atoms with Gasteiger partial charge in [-0.1, -0.05) is 12.1 Å². The molecule has 3 aromatic rings. The maximum Gasteiger partial charge on any atom is 0.290 e. The third-order valence-electron chi connectivity index (χ3n) is 6.83. The van der Waals surface area contributed by atoms with Crippen LogP contribution in [0.15, 0.2) is 45.6 Å². The number of ether oxygens (including phenoxy) is 2. The van der Waals surface area contributed by atoms with Crippen molar-refractivity contribution in [1.82, 2.24) is 9.80 Å². The van der Waals surface area contributed by atoms with E-state index < -0.39 is 6.04 Å². The lowest BCUT2D eigenvalue weighted by Gasteiger charge is -2.31. The van der Waals surface area contributed by atoms with Crippen LogP contribution in [-0.4, -0.2) is 61.7 Å². The fourth-order valence-corrected chi connectivity index (χ4v) is 4.87. The van der Waals surface area contributed by atoms with E-state index in [-0.39, 0.29) is 17.1 Å². The standard InChI is InChI=1S/C27H30N2O5/c1-4-33-20-7-5-6-19(16-20)24-23-25(30)21-14-17(2)18(3)15-22(21)34-26(23)27(31)29(24)9-8-28-10-12-32-13-11-28/h5-7,14-16,24H,4,8-13H2,1-3H3. The molecule has 2 aliphatic rings. The first-order valence-electron chi connectivity index (χ1n) is 11.9. The lowest BCUT2D eigenvalue weighted by Crippen LogP contribution is -2.42. The highest BCUT2D eigenvalue weighted by atomic mass is 16.5. The smallest absolute Gasteiger partial charge is 0.290 e. The zero-order chi connectivity index (χ0) is 23.8. The molecule has 0 spiro atoms. The molecule has 1 atom stereocenters. The van der Waals surface area contributed by atoms with E-state index in [1.165, 1.54) is 0 Å². The molecule has 178 valence electrons. The van der Waals surface area contributed by atoms with Gasteiger partial charge in [0.15, 0.2) is 5.43 Å². The molecule has 3 heterocycles. The lowest BCUT2D eigenvalue weighted by atomic mass is 9.97. The maximum absolute atomic E-state index is 13.8. The molecule has 7 nitrogen and oxygen atoms in total. The molecule has 0 radical (unpaired) electrons. The fourth-order valence-electron chi connectivity index (χ4n) is 4.87. The van der Waals surface area contributed by atoms with Crippen molar-refractivity contribution in [3.05, 3.63) is 74.6 Å². The van der Waals surface area contributed by atoms with Gasteiger partial charge in [0.2, 0.25) is 5.76 Å². The number of hydrogen-bond donors (Lipinski definition) is 0. The Morgan fingerprint density at radius 2 is 1.79 bits per heavy atom. The summed E-state index contributed by atoms with van der Waals surface area (Å²) in [6, 6.07) is 10.8. The molecule has 7 heteroatoms. The van der Waals surface area contributed by atoms with Gasteiger partial charge in [0.05, 0.1) is 36.8 Å². The van der Waals surface area contributed by atoms with E-state index in [1.54, 1.807) is 4.90 Å². The minimum Gasteiger partial charge on any atom is -0.494 e. The first-order chi connectivity index (χ1) is 16.5.